The maximum absolute atomic E-state index is 12.7. The molecule has 0 aromatic carbocycles. The smallest absolute Gasteiger partial charge is 0.410 e. The number of ether oxygens (including phenoxy) is 2. The lowest BCUT2D eigenvalue weighted by atomic mass is 10.0. The van der Waals surface area contributed by atoms with Crippen molar-refractivity contribution in [2.24, 2.45) is 0 Å². The van der Waals surface area contributed by atoms with Gasteiger partial charge in [0.05, 0.1) is 12.1 Å². The van der Waals surface area contributed by atoms with Crippen molar-refractivity contribution in [1.82, 2.24) is 9.80 Å². The summed E-state index contributed by atoms with van der Waals surface area (Å²) < 4.78 is 11.3. The van der Waals surface area contributed by atoms with Gasteiger partial charge in [0.2, 0.25) is 6.41 Å². The van der Waals surface area contributed by atoms with Gasteiger partial charge in [0.25, 0.3) is 0 Å². The fourth-order valence-corrected chi connectivity index (χ4v) is 4.44. The summed E-state index contributed by atoms with van der Waals surface area (Å²) >= 11 is 0. The van der Waals surface area contributed by atoms with Crippen LogP contribution in [0.1, 0.15) is 33.6 Å². The minimum absolute atomic E-state index is 0.0312. The Hall–Kier alpha value is -0.893. The van der Waals surface area contributed by atoms with E-state index in [4.69, 9.17) is 9.47 Å². The summed E-state index contributed by atoms with van der Waals surface area (Å²) in [6, 6.07) is 0.883. The standard InChI is InChI=1S/C19H36N2O4Si/c1-8-15-16-10-9-14(21(16)18(23)25-19(2,3)4)13-20(15)17(22)24-11-12-26(5,6)7/h8,14-17,22H,1,9-13H2,2-7H3/t14-,15+,16+,17?/m1/s1. The van der Waals surface area contributed by atoms with Crippen LogP contribution in [0.15, 0.2) is 12.7 Å². The average Bonchev–Trinajstić information content (AvgIpc) is 2.79. The SMILES string of the molecule is C=C[C@H]1[C@@H]2CC[C@H](CN1C(O)OCC[Si](C)(C)C)N2C(=O)OC(C)(C)C. The molecular weight excluding hydrogens is 348 g/mol. The number of piperazine rings is 1. The Bertz CT molecular complexity index is 515. The highest BCUT2D eigenvalue weighted by Crippen LogP contribution is 2.36. The quantitative estimate of drug-likeness (QED) is 0.433. The lowest BCUT2D eigenvalue weighted by Crippen LogP contribution is -2.63. The van der Waals surface area contributed by atoms with Gasteiger partial charge in [-0.15, -0.1) is 6.58 Å². The number of nitrogens with zero attached hydrogens (tertiary/aromatic N) is 2. The van der Waals surface area contributed by atoms with Crippen LogP contribution in [0.25, 0.3) is 0 Å². The van der Waals surface area contributed by atoms with E-state index in [0.717, 1.165) is 18.9 Å². The third-order valence-corrected chi connectivity index (χ3v) is 6.70. The molecule has 1 unspecified atom stereocenters. The molecular formula is C19H36N2O4Si. The van der Waals surface area contributed by atoms with E-state index in [0.29, 0.717) is 13.2 Å². The predicted molar refractivity (Wildman–Crippen MR) is 106 cm³/mol. The van der Waals surface area contributed by atoms with E-state index >= 15 is 0 Å². The number of carbonyl (C=O) groups excluding carboxylic acids is 1. The first-order valence-corrected chi connectivity index (χ1v) is 13.3. The molecule has 2 aliphatic rings. The fraction of sp³-hybridized carbons (Fsp3) is 0.842. The van der Waals surface area contributed by atoms with Crippen LogP contribution in [0.2, 0.25) is 25.7 Å². The second kappa shape index (κ2) is 8.00. The van der Waals surface area contributed by atoms with Crippen molar-refractivity contribution >= 4 is 14.2 Å². The van der Waals surface area contributed by atoms with Gasteiger partial charge in [-0.05, 0) is 39.7 Å². The van der Waals surface area contributed by atoms with Gasteiger partial charge in [0.1, 0.15) is 5.60 Å². The maximum Gasteiger partial charge on any atom is 0.410 e. The lowest BCUT2D eigenvalue weighted by molar-refractivity contribution is -0.214. The normalized spacial score (nSPS) is 28.1. The van der Waals surface area contributed by atoms with Gasteiger partial charge in [-0.2, -0.15) is 0 Å². The van der Waals surface area contributed by atoms with Gasteiger partial charge in [-0.3, -0.25) is 4.90 Å². The van der Waals surface area contributed by atoms with Crippen LogP contribution in [0, 0.1) is 0 Å². The van der Waals surface area contributed by atoms with Crippen LogP contribution in [0.5, 0.6) is 0 Å². The Morgan fingerprint density at radius 1 is 1.35 bits per heavy atom. The molecule has 2 aliphatic heterocycles. The molecule has 2 rings (SSSR count). The van der Waals surface area contributed by atoms with Crippen LogP contribution in [0.3, 0.4) is 0 Å². The minimum atomic E-state index is -1.21. The Morgan fingerprint density at radius 3 is 2.54 bits per heavy atom. The maximum atomic E-state index is 12.7. The topological polar surface area (TPSA) is 62.2 Å². The van der Waals surface area contributed by atoms with E-state index in [1.165, 1.54) is 0 Å². The molecule has 2 saturated heterocycles. The summed E-state index contributed by atoms with van der Waals surface area (Å²) in [6.07, 6.45) is 2.38. The van der Waals surface area contributed by atoms with Gasteiger partial charge in [0.15, 0.2) is 0 Å². The summed E-state index contributed by atoms with van der Waals surface area (Å²) in [6.45, 7) is 17.6. The predicted octanol–water partition coefficient (Wildman–Crippen LogP) is 3.26. The van der Waals surface area contributed by atoms with Crippen molar-refractivity contribution < 1.29 is 19.4 Å². The second-order valence-corrected chi connectivity index (χ2v) is 15.2. The molecule has 0 saturated carbocycles. The molecule has 2 fully saturated rings. The molecule has 0 aliphatic carbocycles. The van der Waals surface area contributed by atoms with Crippen molar-refractivity contribution in [1.29, 1.82) is 0 Å². The Morgan fingerprint density at radius 2 is 2.00 bits per heavy atom. The third-order valence-electron chi connectivity index (χ3n) is 4.99. The first-order valence-electron chi connectivity index (χ1n) is 9.62. The largest absolute Gasteiger partial charge is 0.444 e. The molecule has 0 radical (unpaired) electrons. The zero-order valence-corrected chi connectivity index (χ0v) is 18.2. The first-order chi connectivity index (χ1) is 11.9. The van der Waals surface area contributed by atoms with Crippen molar-refractivity contribution in [2.75, 3.05) is 13.2 Å². The molecule has 4 atom stereocenters. The monoisotopic (exact) mass is 384 g/mol. The van der Waals surface area contributed by atoms with Gasteiger partial charge < -0.3 is 14.6 Å². The van der Waals surface area contributed by atoms with Crippen molar-refractivity contribution in [2.45, 2.75) is 89.4 Å². The zero-order valence-electron chi connectivity index (χ0n) is 17.2. The number of aliphatic hydroxyl groups is 1. The summed E-state index contributed by atoms with van der Waals surface area (Å²) in [5.74, 6) is 0. The van der Waals surface area contributed by atoms with E-state index in [9.17, 15) is 9.90 Å². The number of hydrogen-bond donors (Lipinski definition) is 1. The Kier molecular flexibility index (Phi) is 6.59. The number of carbonyl (C=O) groups is 1. The van der Waals surface area contributed by atoms with E-state index in [-0.39, 0.29) is 24.2 Å². The number of fused-ring (bicyclic) bond motifs is 2. The number of amides is 1. The van der Waals surface area contributed by atoms with Crippen LogP contribution in [-0.2, 0) is 9.47 Å². The zero-order chi connectivity index (χ0) is 19.7. The first kappa shape index (κ1) is 21.4. The molecule has 0 aromatic rings. The third kappa shape index (κ3) is 5.31. The van der Waals surface area contributed by atoms with Crippen LogP contribution in [-0.4, -0.2) is 72.4 Å². The van der Waals surface area contributed by atoms with Gasteiger partial charge >= 0.3 is 6.09 Å². The van der Waals surface area contributed by atoms with E-state index in [1.54, 1.807) is 0 Å². The molecule has 0 spiro atoms. The van der Waals surface area contributed by atoms with Crippen molar-refractivity contribution in [3.05, 3.63) is 12.7 Å². The Balaban J connectivity index is 2.04. The molecule has 150 valence electrons. The number of rotatable bonds is 6. The fourth-order valence-electron chi connectivity index (χ4n) is 3.71. The van der Waals surface area contributed by atoms with Crippen LogP contribution in [0.4, 0.5) is 4.79 Å². The van der Waals surface area contributed by atoms with E-state index in [1.807, 2.05) is 36.6 Å². The van der Waals surface area contributed by atoms with Crippen molar-refractivity contribution in [3.8, 4) is 0 Å². The highest BCUT2D eigenvalue weighted by Gasteiger charge is 2.50. The van der Waals surface area contributed by atoms with Crippen molar-refractivity contribution in [3.63, 3.8) is 0 Å². The summed E-state index contributed by atoms with van der Waals surface area (Å²) in [5, 5.41) is 10.6. The molecule has 2 heterocycles. The number of aliphatic hydroxyl groups excluding tert-OH is 1. The summed E-state index contributed by atoms with van der Waals surface area (Å²) in [7, 11) is -1.21. The van der Waals surface area contributed by atoms with E-state index < -0.39 is 20.1 Å². The molecule has 2 bridgehead atoms. The van der Waals surface area contributed by atoms with Gasteiger partial charge in [-0.1, -0.05) is 25.7 Å². The van der Waals surface area contributed by atoms with Gasteiger partial charge in [-0.25, -0.2) is 9.69 Å². The lowest BCUT2D eigenvalue weighted by Gasteiger charge is -2.47. The Labute approximate surface area is 159 Å². The van der Waals surface area contributed by atoms with Crippen LogP contribution >= 0.6 is 0 Å². The molecule has 6 nitrogen and oxygen atoms in total. The highest BCUT2D eigenvalue weighted by atomic mass is 28.3. The second-order valence-electron chi connectivity index (χ2n) is 9.62. The molecule has 1 amide bonds. The summed E-state index contributed by atoms with van der Waals surface area (Å²) in [5.41, 5.74) is -0.517. The van der Waals surface area contributed by atoms with Gasteiger partial charge in [0, 0.05) is 27.3 Å². The molecule has 26 heavy (non-hydrogen) atoms. The number of hydrogen-bond acceptors (Lipinski definition) is 5. The summed E-state index contributed by atoms with van der Waals surface area (Å²) in [4.78, 5) is 16.4. The van der Waals surface area contributed by atoms with Crippen LogP contribution < -0.4 is 0 Å². The number of likely N-dealkylation sites (tertiary alicyclic amines) is 1. The highest BCUT2D eigenvalue weighted by molar-refractivity contribution is 6.76. The molecule has 0 aromatic heterocycles. The minimum Gasteiger partial charge on any atom is -0.444 e. The average molecular weight is 385 g/mol. The van der Waals surface area contributed by atoms with E-state index in [2.05, 4.69) is 26.2 Å². The molecule has 1 N–H and O–H groups in total. The molecule has 7 heteroatoms.